The van der Waals surface area contributed by atoms with Crippen LogP contribution in [0.2, 0.25) is 0 Å². The van der Waals surface area contributed by atoms with Gasteiger partial charge in [0, 0.05) is 25.2 Å². The van der Waals surface area contributed by atoms with E-state index in [0.29, 0.717) is 6.04 Å². The molecule has 1 aromatic rings. The summed E-state index contributed by atoms with van der Waals surface area (Å²) in [5.74, 6) is 0. The molecular formula is C17H28N2. The molecule has 0 radical (unpaired) electrons. The second-order valence-electron chi connectivity index (χ2n) is 6.14. The molecule has 2 heteroatoms. The lowest BCUT2D eigenvalue weighted by molar-refractivity contribution is 0.265. The van der Waals surface area contributed by atoms with Crippen LogP contribution in [0.4, 0.5) is 0 Å². The maximum Gasteiger partial charge on any atom is 0.0236 e. The van der Waals surface area contributed by atoms with Crippen LogP contribution in [-0.4, -0.2) is 24.0 Å². The lowest BCUT2D eigenvalue weighted by Crippen LogP contribution is -2.28. The summed E-state index contributed by atoms with van der Waals surface area (Å²) in [6, 6.07) is 10.2. The van der Waals surface area contributed by atoms with Crippen LogP contribution in [0, 0.1) is 0 Å². The topological polar surface area (TPSA) is 15.3 Å². The van der Waals surface area contributed by atoms with E-state index in [2.05, 4.69) is 55.4 Å². The molecule has 0 amide bonds. The van der Waals surface area contributed by atoms with Gasteiger partial charge in [0.25, 0.3) is 0 Å². The number of nitrogens with one attached hydrogen (secondary N) is 1. The van der Waals surface area contributed by atoms with Gasteiger partial charge < -0.3 is 5.32 Å². The second-order valence-corrected chi connectivity index (χ2v) is 6.14. The Balaban J connectivity index is 1.95. The highest BCUT2D eigenvalue weighted by atomic mass is 15.1. The van der Waals surface area contributed by atoms with Crippen LogP contribution in [0.1, 0.15) is 50.7 Å². The molecule has 0 saturated heterocycles. The third-order valence-corrected chi connectivity index (χ3v) is 4.36. The van der Waals surface area contributed by atoms with Crippen molar-refractivity contribution in [2.75, 3.05) is 7.05 Å². The molecule has 0 aliphatic heterocycles. The van der Waals surface area contributed by atoms with Crippen molar-refractivity contribution in [3.05, 3.63) is 35.4 Å². The number of benzene rings is 1. The monoisotopic (exact) mass is 260 g/mol. The highest BCUT2D eigenvalue weighted by Crippen LogP contribution is 2.19. The zero-order valence-corrected chi connectivity index (χ0v) is 12.7. The van der Waals surface area contributed by atoms with Crippen molar-refractivity contribution >= 4 is 0 Å². The first-order chi connectivity index (χ1) is 9.16. The molecule has 0 aromatic heterocycles. The van der Waals surface area contributed by atoms with Gasteiger partial charge in [-0.2, -0.15) is 0 Å². The Hall–Kier alpha value is -0.860. The number of hydrogen-bond donors (Lipinski definition) is 1. The molecule has 0 unspecified atom stereocenters. The Morgan fingerprint density at radius 2 is 1.79 bits per heavy atom. The molecule has 1 fully saturated rings. The predicted octanol–water partition coefficient (Wildman–Crippen LogP) is 3.56. The first kappa shape index (κ1) is 14.5. The molecule has 1 saturated carbocycles. The summed E-state index contributed by atoms with van der Waals surface area (Å²) in [5, 5.41) is 3.72. The van der Waals surface area contributed by atoms with Crippen molar-refractivity contribution in [2.24, 2.45) is 0 Å². The molecule has 2 rings (SSSR count). The Morgan fingerprint density at radius 1 is 1.16 bits per heavy atom. The van der Waals surface area contributed by atoms with Crippen LogP contribution in [0.5, 0.6) is 0 Å². The number of hydrogen-bond acceptors (Lipinski definition) is 2. The molecule has 0 atom stereocenters. The molecule has 0 heterocycles. The summed E-state index contributed by atoms with van der Waals surface area (Å²) >= 11 is 0. The minimum atomic E-state index is 0.593. The van der Waals surface area contributed by atoms with E-state index < -0.39 is 0 Å². The fraction of sp³-hybridized carbons (Fsp3) is 0.647. The van der Waals surface area contributed by atoms with Crippen LogP contribution in [0.15, 0.2) is 24.3 Å². The SMILES string of the molecule is CC(C)N(C)Cc1ccccc1CNC1CCCC1. The van der Waals surface area contributed by atoms with Crippen molar-refractivity contribution in [1.29, 1.82) is 0 Å². The van der Waals surface area contributed by atoms with E-state index in [1.807, 2.05) is 0 Å². The van der Waals surface area contributed by atoms with E-state index >= 15 is 0 Å². The summed E-state index contributed by atoms with van der Waals surface area (Å²) in [6.07, 6.45) is 5.51. The van der Waals surface area contributed by atoms with Crippen LogP contribution < -0.4 is 5.32 Å². The van der Waals surface area contributed by atoms with Crippen LogP contribution in [0.3, 0.4) is 0 Å². The molecule has 1 N–H and O–H groups in total. The number of nitrogens with zero attached hydrogens (tertiary/aromatic N) is 1. The molecular weight excluding hydrogens is 232 g/mol. The molecule has 0 bridgehead atoms. The maximum absolute atomic E-state index is 3.72. The van der Waals surface area contributed by atoms with Gasteiger partial charge in [0.05, 0.1) is 0 Å². The van der Waals surface area contributed by atoms with Gasteiger partial charge in [-0.1, -0.05) is 37.1 Å². The van der Waals surface area contributed by atoms with Gasteiger partial charge in [0.2, 0.25) is 0 Å². The summed E-state index contributed by atoms with van der Waals surface area (Å²) in [5.41, 5.74) is 2.92. The normalized spacial score (nSPS) is 16.7. The average molecular weight is 260 g/mol. The van der Waals surface area contributed by atoms with Crippen molar-refractivity contribution < 1.29 is 0 Å². The molecule has 1 aliphatic rings. The zero-order valence-electron chi connectivity index (χ0n) is 12.7. The quantitative estimate of drug-likeness (QED) is 0.841. The van der Waals surface area contributed by atoms with Crippen molar-refractivity contribution in [1.82, 2.24) is 10.2 Å². The smallest absolute Gasteiger partial charge is 0.0236 e. The Morgan fingerprint density at radius 3 is 2.42 bits per heavy atom. The highest BCUT2D eigenvalue weighted by Gasteiger charge is 2.15. The molecule has 1 aliphatic carbocycles. The third kappa shape index (κ3) is 4.32. The summed E-state index contributed by atoms with van der Waals surface area (Å²) in [6.45, 7) is 6.56. The first-order valence-corrected chi connectivity index (χ1v) is 7.67. The van der Waals surface area contributed by atoms with Gasteiger partial charge in [0.15, 0.2) is 0 Å². The van der Waals surface area contributed by atoms with Crippen molar-refractivity contribution in [2.45, 2.75) is 64.7 Å². The van der Waals surface area contributed by atoms with Crippen molar-refractivity contribution in [3.63, 3.8) is 0 Å². The maximum atomic E-state index is 3.72. The average Bonchev–Trinajstić information content (AvgIpc) is 2.90. The third-order valence-electron chi connectivity index (χ3n) is 4.36. The first-order valence-electron chi connectivity index (χ1n) is 7.67. The van der Waals surface area contributed by atoms with Gasteiger partial charge in [0.1, 0.15) is 0 Å². The van der Waals surface area contributed by atoms with Gasteiger partial charge >= 0.3 is 0 Å². The van der Waals surface area contributed by atoms with E-state index in [-0.39, 0.29) is 0 Å². The fourth-order valence-corrected chi connectivity index (χ4v) is 2.72. The van der Waals surface area contributed by atoms with Crippen LogP contribution in [0.25, 0.3) is 0 Å². The Kier molecular flexibility index (Phi) is 5.41. The number of rotatable bonds is 6. The molecule has 19 heavy (non-hydrogen) atoms. The molecule has 1 aromatic carbocycles. The van der Waals surface area contributed by atoms with Crippen molar-refractivity contribution in [3.8, 4) is 0 Å². The van der Waals surface area contributed by atoms with E-state index in [4.69, 9.17) is 0 Å². The predicted molar refractivity (Wildman–Crippen MR) is 82.1 cm³/mol. The zero-order chi connectivity index (χ0) is 13.7. The van der Waals surface area contributed by atoms with E-state index in [1.165, 1.54) is 36.8 Å². The Bertz CT molecular complexity index is 381. The lowest BCUT2D eigenvalue weighted by atomic mass is 10.1. The summed E-state index contributed by atoms with van der Waals surface area (Å²) in [4.78, 5) is 2.40. The van der Waals surface area contributed by atoms with E-state index in [0.717, 1.165) is 19.1 Å². The second kappa shape index (κ2) is 7.06. The Labute approximate surface area is 118 Å². The van der Waals surface area contributed by atoms with Crippen LogP contribution in [-0.2, 0) is 13.1 Å². The van der Waals surface area contributed by atoms with Gasteiger partial charge in [-0.3, -0.25) is 4.90 Å². The largest absolute Gasteiger partial charge is 0.310 e. The highest BCUT2D eigenvalue weighted by molar-refractivity contribution is 5.27. The fourth-order valence-electron chi connectivity index (χ4n) is 2.72. The van der Waals surface area contributed by atoms with E-state index in [1.54, 1.807) is 0 Å². The standard InChI is InChI=1S/C17H28N2/c1-14(2)19(3)13-16-9-5-4-8-15(16)12-18-17-10-6-7-11-17/h4-5,8-9,14,17-18H,6-7,10-13H2,1-3H3. The van der Waals surface area contributed by atoms with Gasteiger partial charge in [-0.05, 0) is 44.9 Å². The van der Waals surface area contributed by atoms with E-state index in [9.17, 15) is 0 Å². The molecule has 2 nitrogen and oxygen atoms in total. The van der Waals surface area contributed by atoms with Crippen LogP contribution >= 0.6 is 0 Å². The summed E-state index contributed by atoms with van der Waals surface area (Å²) < 4.78 is 0. The van der Waals surface area contributed by atoms with Gasteiger partial charge in [-0.25, -0.2) is 0 Å². The summed E-state index contributed by atoms with van der Waals surface area (Å²) in [7, 11) is 2.20. The van der Waals surface area contributed by atoms with Gasteiger partial charge in [-0.15, -0.1) is 0 Å². The minimum absolute atomic E-state index is 0.593. The molecule has 106 valence electrons. The minimum Gasteiger partial charge on any atom is -0.310 e. The molecule has 0 spiro atoms. The lowest BCUT2D eigenvalue weighted by Gasteiger charge is -2.23.